The van der Waals surface area contributed by atoms with E-state index in [9.17, 15) is 9.18 Å². The highest BCUT2D eigenvalue weighted by Crippen LogP contribution is 2.30. The van der Waals surface area contributed by atoms with Crippen LogP contribution in [0.5, 0.6) is 0 Å². The number of amides is 1. The van der Waals surface area contributed by atoms with Crippen LogP contribution in [-0.4, -0.2) is 57.5 Å². The zero-order valence-corrected chi connectivity index (χ0v) is 22.9. The number of carbonyl (C=O) groups excluding carboxylic acids is 1. The zero-order chi connectivity index (χ0) is 26.5. The second-order valence-electron chi connectivity index (χ2n) is 8.96. The van der Waals surface area contributed by atoms with Crippen molar-refractivity contribution in [3.05, 3.63) is 94.2 Å². The summed E-state index contributed by atoms with van der Waals surface area (Å²) in [6, 6.07) is 22.1. The first-order chi connectivity index (χ1) is 18.5. The molecule has 0 atom stereocenters. The number of piperazine rings is 1. The summed E-state index contributed by atoms with van der Waals surface area (Å²) < 4.78 is 15.3. The Bertz CT molecular complexity index is 1390. The molecular weight excluding hydrogens is 544 g/mol. The Kier molecular flexibility index (Phi) is 8.51. The molecule has 1 saturated heterocycles. The molecule has 0 spiro atoms. The highest BCUT2D eigenvalue weighted by Gasteiger charge is 2.23. The Labute approximate surface area is 235 Å². The molecule has 0 N–H and O–H groups in total. The van der Waals surface area contributed by atoms with Crippen LogP contribution in [0.3, 0.4) is 0 Å². The summed E-state index contributed by atoms with van der Waals surface area (Å²) in [5.41, 5.74) is 2.98. The Morgan fingerprint density at radius 2 is 1.63 bits per heavy atom. The minimum absolute atomic E-state index is 0.0578. The lowest BCUT2D eigenvalue weighted by Gasteiger charge is -2.36. The molecule has 2 heterocycles. The third-order valence-corrected chi connectivity index (χ3v) is 8.20. The van der Waals surface area contributed by atoms with Crippen LogP contribution in [-0.2, 0) is 17.8 Å². The molecule has 1 fully saturated rings. The van der Waals surface area contributed by atoms with E-state index in [4.69, 9.17) is 23.2 Å². The number of aryl methyl sites for hydroxylation is 1. The van der Waals surface area contributed by atoms with Crippen molar-refractivity contribution in [1.29, 1.82) is 0 Å². The third kappa shape index (κ3) is 6.31. The smallest absolute Gasteiger partial charge is 0.233 e. The van der Waals surface area contributed by atoms with Crippen molar-refractivity contribution in [3.63, 3.8) is 0 Å². The molecule has 1 aliphatic rings. The Hall–Kier alpha value is -3.07. The molecule has 196 valence electrons. The van der Waals surface area contributed by atoms with Crippen LogP contribution in [0.15, 0.2) is 78.0 Å². The van der Waals surface area contributed by atoms with Gasteiger partial charge in [0, 0.05) is 44.0 Å². The van der Waals surface area contributed by atoms with Gasteiger partial charge in [0.1, 0.15) is 5.82 Å². The van der Waals surface area contributed by atoms with Crippen LogP contribution in [0.1, 0.15) is 5.56 Å². The van der Waals surface area contributed by atoms with Gasteiger partial charge in [-0.25, -0.2) is 4.39 Å². The molecule has 1 aromatic heterocycles. The maximum Gasteiger partial charge on any atom is 0.233 e. The van der Waals surface area contributed by atoms with Gasteiger partial charge in [-0.15, -0.1) is 10.2 Å². The van der Waals surface area contributed by atoms with Crippen LogP contribution in [0.2, 0.25) is 10.0 Å². The number of nitrogens with zero attached hydrogens (tertiary/aromatic N) is 5. The predicted molar refractivity (Wildman–Crippen MR) is 152 cm³/mol. The van der Waals surface area contributed by atoms with Gasteiger partial charge in [-0.05, 0) is 54.4 Å². The molecule has 3 aromatic carbocycles. The minimum Gasteiger partial charge on any atom is -0.368 e. The Balaban J connectivity index is 1.26. The number of anilines is 1. The van der Waals surface area contributed by atoms with Gasteiger partial charge in [0.15, 0.2) is 11.0 Å². The van der Waals surface area contributed by atoms with E-state index in [1.54, 1.807) is 24.3 Å². The van der Waals surface area contributed by atoms with Gasteiger partial charge in [-0.1, -0.05) is 65.3 Å². The van der Waals surface area contributed by atoms with E-state index in [0.29, 0.717) is 53.7 Å². The summed E-state index contributed by atoms with van der Waals surface area (Å²) in [6.45, 7) is 3.30. The molecule has 1 amide bonds. The van der Waals surface area contributed by atoms with Crippen LogP contribution in [0, 0.1) is 5.82 Å². The Morgan fingerprint density at radius 1 is 0.895 bits per heavy atom. The highest BCUT2D eigenvalue weighted by molar-refractivity contribution is 7.99. The van der Waals surface area contributed by atoms with Gasteiger partial charge in [-0.3, -0.25) is 4.79 Å². The van der Waals surface area contributed by atoms with Gasteiger partial charge in [0.2, 0.25) is 5.91 Å². The lowest BCUT2D eigenvalue weighted by Crippen LogP contribution is -2.49. The van der Waals surface area contributed by atoms with E-state index in [1.165, 1.54) is 29.5 Å². The summed E-state index contributed by atoms with van der Waals surface area (Å²) in [7, 11) is 0. The lowest BCUT2D eigenvalue weighted by atomic mass is 10.1. The van der Waals surface area contributed by atoms with E-state index in [0.717, 1.165) is 17.7 Å². The van der Waals surface area contributed by atoms with Crippen molar-refractivity contribution < 1.29 is 9.18 Å². The maximum atomic E-state index is 13.2. The van der Waals surface area contributed by atoms with Crippen molar-refractivity contribution in [2.75, 3.05) is 36.8 Å². The van der Waals surface area contributed by atoms with Gasteiger partial charge in [0.05, 0.1) is 15.8 Å². The standard InChI is InChI=1S/C28H26Cl2FN5OS/c29-24-11-6-21(18-25(24)30)27-32-33-28(36(27)13-12-20-4-2-1-3-5-20)38-19-26(37)35-16-14-34(15-17-35)23-9-7-22(31)8-10-23/h1-11,18H,12-17,19H2. The van der Waals surface area contributed by atoms with E-state index in [-0.39, 0.29) is 17.5 Å². The molecule has 38 heavy (non-hydrogen) atoms. The molecule has 0 unspecified atom stereocenters. The first-order valence-corrected chi connectivity index (χ1v) is 14.1. The van der Waals surface area contributed by atoms with Crippen molar-refractivity contribution in [1.82, 2.24) is 19.7 Å². The average molecular weight is 571 g/mol. The fourth-order valence-electron chi connectivity index (χ4n) is 4.41. The lowest BCUT2D eigenvalue weighted by molar-refractivity contribution is -0.128. The fraction of sp³-hybridized carbons (Fsp3) is 0.250. The molecule has 5 rings (SSSR count). The predicted octanol–water partition coefficient (Wildman–Crippen LogP) is 6.07. The number of rotatable bonds is 8. The van der Waals surface area contributed by atoms with Crippen molar-refractivity contribution >= 4 is 46.6 Å². The van der Waals surface area contributed by atoms with Crippen molar-refractivity contribution in [2.24, 2.45) is 0 Å². The van der Waals surface area contributed by atoms with Crippen molar-refractivity contribution in [3.8, 4) is 11.4 Å². The summed E-state index contributed by atoms with van der Waals surface area (Å²) in [4.78, 5) is 17.1. The second-order valence-corrected chi connectivity index (χ2v) is 10.7. The maximum absolute atomic E-state index is 13.2. The van der Waals surface area contributed by atoms with Crippen LogP contribution in [0.25, 0.3) is 11.4 Å². The number of carbonyl (C=O) groups is 1. The van der Waals surface area contributed by atoms with Gasteiger partial charge in [0.25, 0.3) is 0 Å². The number of halogens is 3. The van der Waals surface area contributed by atoms with Gasteiger partial charge < -0.3 is 14.4 Å². The molecule has 0 radical (unpaired) electrons. The monoisotopic (exact) mass is 569 g/mol. The zero-order valence-electron chi connectivity index (χ0n) is 20.6. The Morgan fingerprint density at radius 3 is 2.34 bits per heavy atom. The number of hydrogen-bond donors (Lipinski definition) is 0. The van der Waals surface area contributed by atoms with Crippen LogP contribution < -0.4 is 4.90 Å². The summed E-state index contributed by atoms with van der Waals surface area (Å²) >= 11 is 13.8. The van der Waals surface area contributed by atoms with E-state index < -0.39 is 0 Å². The summed E-state index contributed by atoms with van der Waals surface area (Å²) in [6.07, 6.45) is 0.792. The van der Waals surface area contributed by atoms with E-state index in [2.05, 4.69) is 27.2 Å². The van der Waals surface area contributed by atoms with Gasteiger partial charge in [-0.2, -0.15) is 0 Å². The molecule has 6 nitrogen and oxygen atoms in total. The molecular formula is C28H26Cl2FN5OS. The topological polar surface area (TPSA) is 54.3 Å². The normalized spacial score (nSPS) is 13.7. The fourth-order valence-corrected chi connectivity index (χ4v) is 5.58. The van der Waals surface area contributed by atoms with Crippen molar-refractivity contribution in [2.45, 2.75) is 18.1 Å². The van der Waals surface area contributed by atoms with Crippen LogP contribution >= 0.6 is 35.0 Å². The van der Waals surface area contributed by atoms with E-state index in [1.807, 2.05) is 33.7 Å². The second kappa shape index (κ2) is 12.2. The molecule has 1 aliphatic heterocycles. The first-order valence-electron chi connectivity index (χ1n) is 12.3. The number of hydrogen-bond acceptors (Lipinski definition) is 5. The minimum atomic E-state index is -0.251. The van der Waals surface area contributed by atoms with E-state index >= 15 is 0 Å². The third-order valence-electron chi connectivity index (χ3n) is 6.51. The quantitative estimate of drug-likeness (QED) is 0.241. The highest BCUT2D eigenvalue weighted by atomic mass is 35.5. The summed E-state index contributed by atoms with van der Waals surface area (Å²) in [5.74, 6) is 0.754. The number of aromatic nitrogens is 3. The molecule has 0 aliphatic carbocycles. The first kappa shape index (κ1) is 26.5. The summed E-state index contributed by atoms with van der Waals surface area (Å²) in [5, 5.41) is 10.5. The molecule has 0 bridgehead atoms. The SMILES string of the molecule is O=C(CSc1nnc(-c2ccc(Cl)c(Cl)c2)n1CCc1ccccc1)N1CCN(c2ccc(F)cc2)CC1. The van der Waals surface area contributed by atoms with Crippen LogP contribution in [0.4, 0.5) is 10.1 Å². The largest absolute Gasteiger partial charge is 0.368 e. The average Bonchev–Trinajstić information content (AvgIpc) is 3.36. The molecule has 0 saturated carbocycles. The molecule has 10 heteroatoms. The number of benzene rings is 3. The number of thioether (sulfide) groups is 1. The van der Waals surface area contributed by atoms with Gasteiger partial charge >= 0.3 is 0 Å². The molecule has 4 aromatic rings.